The van der Waals surface area contributed by atoms with Gasteiger partial charge >= 0.3 is 0 Å². The molecule has 3 heteroatoms. The van der Waals surface area contributed by atoms with E-state index in [1.54, 1.807) is 0 Å². The summed E-state index contributed by atoms with van der Waals surface area (Å²) in [4.78, 5) is 2.53. The molecule has 20 heavy (non-hydrogen) atoms. The van der Waals surface area contributed by atoms with Crippen LogP contribution < -0.4 is 10.2 Å². The predicted octanol–water partition coefficient (Wildman–Crippen LogP) is 4.08. The van der Waals surface area contributed by atoms with E-state index in [9.17, 15) is 0 Å². The standard InChI is InChI=1S/C17H28N2S/c1-5-17(18-6-2)15-7-9-16(10-8-15)19-11-13(3)20-14(4)12-19/h7-10,13-14,17-18H,5-6,11-12H2,1-4H3. The molecule has 1 heterocycles. The first-order valence-corrected chi connectivity index (χ1v) is 8.82. The Kier molecular flexibility index (Phi) is 5.79. The quantitative estimate of drug-likeness (QED) is 0.880. The van der Waals surface area contributed by atoms with Crippen LogP contribution in [-0.4, -0.2) is 30.1 Å². The highest BCUT2D eigenvalue weighted by atomic mass is 32.2. The lowest BCUT2D eigenvalue weighted by Crippen LogP contribution is -2.40. The highest BCUT2D eigenvalue weighted by Gasteiger charge is 2.22. The van der Waals surface area contributed by atoms with Crippen LogP contribution in [0.1, 0.15) is 45.7 Å². The zero-order valence-corrected chi connectivity index (χ0v) is 14.0. The Labute approximate surface area is 128 Å². The molecule has 1 aromatic carbocycles. The first kappa shape index (κ1) is 15.7. The van der Waals surface area contributed by atoms with Gasteiger partial charge in [-0.05, 0) is 30.7 Å². The van der Waals surface area contributed by atoms with Gasteiger partial charge in [0.05, 0.1) is 0 Å². The fourth-order valence-corrected chi connectivity index (χ4v) is 4.38. The van der Waals surface area contributed by atoms with Crippen LogP contribution in [0.25, 0.3) is 0 Å². The minimum absolute atomic E-state index is 0.490. The normalized spacial score (nSPS) is 24.7. The summed E-state index contributed by atoms with van der Waals surface area (Å²) in [5, 5.41) is 5.00. The smallest absolute Gasteiger partial charge is 0.0367 e. The van der Waals surface area contributed by atoms with Crippen molar-refractivity contribution in [2.24, 2.45) is 0 Å². The Morgan fingerprint density at radius 3 is 2.25 bits per heavy atom. The molecular weight excluding hydrogens is 264 g/mol. The summed E-state index contributed by atoms with van der Waals surface area (Å²) < 4.78 is 0. The molecule has 3 unspecified atom stereocenters. The third-order valence-electron chi connectivity index (χ3n) is 3.94. The average Bonchev–Trinajstić information content (AvgIpc) is 2.44. The topological polar surface area (TPSA) is 15.3 Å². The molecule has 0 radical (unpaired) electrons. The second kappa shape index (κ2) is 7.37. The van der Waals surface area contributed by atoms with E-state index in [-0.39, 0.29) is 0 Å². The highest BCUT2D eigenvalue weighted by molar-refractivity contribution is 8.00. The molecule has 1 fully saturated rings. The van der Waals surface area contributed by atoms with Gasteiger partial charge in [0.1, 0.15) is 0 Å². The molecule has 0 spiro atoms. The third kappa shape index (κ3) is 3.92. The molecule has 0 aliphatic carbocycles. The van der Waals surface area contributed by atoms with Crippen LogP contribution in [0.15, 0.2) is 24.3 Å². The number of thioether (sulfide) groups is 1. The summed E-state index contributed by atoms with van der Waals surface area (Å²) in [6, 6.07) is 9.67. The van der Waals surface area contributed by atoms with Crippen molar-refractivity contribution in [3.05, 3.63) is 29.8 Å². The number of hydrogen-bond acceptors (Lipinski definition) is 3. The lowest BCUT2D eigenvalue weighted by molar-refractivity contribution is 0.537. The van der Waals surface area contributed by atoms with Crippen molar-refractivity contribution in [2.75, 3.05) is 24.5 Å². The highest BCUT2D eigenvalue weighted by Crippen LogP contribution is 2.29. The molecule has 1 aliphatic heterocycles. The lowest BCUT2D eigenvalue weighted by Gasteiger charge is -2.36. The van der Waals surface area contributed by atoms with Crippen molar-refractivity contribution in [1.29, 1.82) is 0 Å². The number of nitrogens with zero attached hydrogens (tertiary/aromatic N) is 1. The van der Waals surface area contributed by atoms with Gasteiger partial charge in [-0.25, -0.2) is 0 Å². The Hall–Kier alpha value is -0.670. The first-order valence-electron chi connectivity index (χ1n) is 7.87. The van der Waals surface area contributed by atoms with E-state index in [2.05, 4.69) is 73.9 Å². The third-order valence-corrected chi connectivity index (χ3v) is 5.17. The lowest BCUT2D eigenvalue weighted by atomic mass is 10.0. The summed E-state index contributed by atoms with van der Waals surface area (Å²) in [5.74, 6) is 0. The van der Waals surface area contributed by atoms with Gasteiger partial charge in [-0.1, -0.05) is 39.8 Å². The van der Waals surface area contributed by atoms with E-state index in [4.69, 9.17) is 0 Å². The van der Waals surface area contributed by atoms with Crippen LogP contribution in [0.5, 0.6) is 0 Å². The summed E-state index contributed by atoms with van der Waals surface area (Å²) in [7, 11) is 0. The zero-order chi connectivity index (χ0) is 14.5. The van der Waals surface area contributed by atoms with Crippen LogP contribution in [0.3, 0.4) is 0 Å². The van der Waals surface area contributed by atoms with E-state index in [1.807, 2.05) is 0 Å². The summed E-state index contributed by atoms with van der Waals surface area (Å²) in [6.07, 6.45) is 1.14. The SMILES string of the molecule is CCNC(CC)c1ccc(N2CC(C)SC(C)C2)cc1. The Balaban J connectivity index is 2.07. The molecular formula is C17H28N2S. The molecule has 0 saturated carbocycles. The van der Waals surface area contributed by atoms with Gasteiger partial charge in [0, 0.05) is 35.3 Å². The van der Waals surface area contributed by atoms with Gasteiger partial charge in [0.15, 0.2) is 0 Å². The largest absolute Gasteiger partial charge is 0.369 e. The summed E-state index contributed by atoms with van der Waals surface area (Å²) in [6.45, 7) is 12.4. The van der Waals surface area contributed by atoms with E-state index >= 15 is 0 Å². The molecule has 1 N–H and O–H groups in total. The van der Waals surface area contributed by atoms with Gasteiger partial charge in [-0.15, -0.1) is 0 Å². The van der Waals surface area contributed by atoms with E-state index in [0.29, 0.717) is 6.04 Å². The Morgan fingerprint density at radius 2 is 1.75 bits per heavy atom. The molecule has 0 bridgehead atoms. The van der Waals surface area contributed by atoms with Crippen LogP contribution in [0, 0.1) is 0 Å². The van der Waals surface area contributed by atoms with Crippen molar-refractivity contribution in [2.45, 2.75) is 50.7 Å². The van der Waals surface area contributed by atoms with Crippen molar-refractivity contribution >= 4 is 17.4 Å². The van der Waals surface area contributed by atoms with Crippen molar-refractivity contribution in [3.8, 4) is 0 Å². The molecule has 0 amide bonds. The maximum atomic E-state index is 3.54. The van der Waals surface area contributed by atoms with Gasteiger partial charge < -0.3 is 10.2 Å². The van der Waals surface area contributed by atoms with Crippen molar-refractivity contribution in [3.63, 3.8) is 0 Å². The zero-order valence-electron chi connectivity index (χ0n) is 13.2. The van der Waals surface area contributed by atoms with Crippen molar-refractivity contribution in [1.82, 2.24) is 5.32 Å². The molecule has 1 saturated heterocycles. The van der Waals surface area contributed by atoms with Crippen molar-refractivity contribution < 1.29 is 0 Å². The maximum absolute atomic E-state index is 3.54. The van der Waals surface area contributed by atoms with Gasteiger partial charge in [0.2, 0.25) is 0 Å². The van der Waals surface area contributed by atoms with Crippen LogP contribution in [0.2, 0.25) is 0 Å². The monoisotopic (exact) mass is 292 g/mol. The minimum atomic E-state index is 0.490. The number of nitrogens with one attached hydrogen (secondary N) is 1. The van der Waals surface area contributed by atoms with E-state index in [1.165, 1.54) is 24.3 Å². The van der Waals surface area contributed by atoms with E-state index in [0.717, 1.165) is 23.5 Å². The molecule has 2 nitrogen and oxygen atoms in total. The number of benzene rings is 1. The fourth-order valence-electron chi connectivity index (χ4n) is 3.05. The summed E-state index contributed by atoms with van der Waals surface area (Å²) >= 11 is 2.11. The van der Waals surface area contributed by atoms with Gasteiger partial charge in [-0.2, -0.15) is 11.8 Å². The van der Waals surface area contributed by atoms with Crippen LogP contribution >= 0.6 is 11.8 Å². The molecule has 2 rings (SSSR count). The fraction of sp³-hybridized carbons (Fsp3) is 0.647. The predicted molar refractivity (Wildman–Crippen MR) is 91.9 cm³/mol. The maximum Gasteiger partial charge on any atom is 0.0367 e. The first-order chi connectivity index (χ1) is 9.63. The number of hydrogen-bond donors (Lipinski definition) is 1. The molecule has 0 aromatic heterocycles. The van der Waals surface area contributed by atoms with Gasteiger partial charge in [-0.3, -0.25) is 0 Å². The van der Waals surface area contributed by atoms with Crippen LogP contribution in [-0.2, 0) is 0 Å². The average molecular weight is 292 g/mol. The molecule has 3 atom stereocenters. The second-order valence-electron chi connectivity index (χ2n) is 5.77. The Morgan fingerprint density at radius 1 is 1.15 bits per heavy atom. The molecule has 1 aliphatic rings. The number of rotatable bonds is 5. The van der Waals surface area contributed by atoms with Gasteiger partial charge in [0.25, 0.3) is 0 Å². The van der Waals surface area contributed by atoms with Crippen LogP contribution in [0.4, 0.5) is 5.69 Å². The Bertz CT molecular complexity index is 394. The minimum Gasteiger partial charge on any atom is -0.369 e. The number of anilines is 1. The summed E-state index contributed by atoms with van der Waals surface area (Å²) in [5.41, 5.74) is 2.78. The second-order valence-corrected chi connectivity index (χ2v) is 7.65. The molecule has 112 valence electrons. The van der Waals surface area contributed by atoms with E-state index < -0.39 is 0 Å². The molecule has 1 aromatic rings.